The fourth-order valence-electron chi connectivity index (χ4n) is 1.82. The van der Waals surface area contributed by atoms with E-state index in [0.717, 1.165) is 17.2 Å². The average molecular weight is 273 g/mol. The van der Waals surface area contributed by atoms with E-state index in [9.17, 15) is 9.18 Å². The maximum atomic E-state index is 13.6. The Kier molecular flexibility index (Phi) is 4.03. The van der Waals surface area contributed by atoms with Crippen molar-refractivity contribution in [2.75, 3.05) is 5.73 Å². The predicted octanol–water partition coefficient (Wildman–Crippen LogP) is 3.38. The number of hydrogen-bond donors (Lipinski definition) is 1. The van der Waals surface area contributed by atoms with Gasteiger partial charge in [-0.25, -0.2) is 9.18 Å². The van der Waals surface area contributed by atoms with Crippen molar-refractivity contribution in [3.63, 3.8) is 0 Å². The number of anilines is 1. The number of halogens is 1. The molecular weight excluding hydrogens is 257 g/mol. The van der Waals surface area contributed by atoms with E-state index in [1.54, 1.807) is 0 Å². The van der Waals surface area contributed by atoms with E-state index in [-0.39, 0.29) is 17.9 Å². The van der Waals surface area contributed by atoms with Gasteiger partial charge in [-0.15, -0.1) is 0 Å². The Hall–Kier alpha value is -2.36. The Labute approximate surface area is 117 Å². The van der Waals surface area contributed by atoms with Crippen molar-refractivity contribution in [1.82, 2.24) is 0 Å². The molecule has 0 radical (unpaired) electrons. The Morgan fingerprint density at radius 3 is 2.55 bits per heavy atom. The summed E-state index contributed by atoms with van der Waals surface area (Å²) >= 11 is 0. The van der Waals surface area contributed by atoms with Gasteiger partial charge < -0.3 is 10.5 Å². The van der Waals surface area contributed by atoms with Gasteiger partial charge in [-0.2, -0.15) is 0 Å². The van der Waals surface area contributed by atoms with Crippen LogP contribution in [-0.2, 0) is 11.3 Å². The summed E-state index contributed by atoms with van der Waals surface area (Å²) in [5, 5.41) is 0. The SMILES string of the molecule is Cc1ccc(COC(=O)c2ccc(N)cc2F)cc1C. The fourth-order valence-corrected chi connectivity index (χ4v) is 1.82. The molecule has 2 rings (SSSR count). The van der Waals surface area contributed by atoms with Crippen LogP contribution in [0.1, 0.15) is 27.0 Å². The number of aryl methyl sites for hydroxylation is 2. The van der Waals surface area contributed by atoms with Crippen molar-refractivity contribution in [2.45, 2.75) is 20.5 Å². The molecule has 0 bridgehead atoms. The highest BCUT2D eigenvalue weighted by atomic mass is 19.1. The molecule has 0 aromatic heterocycles. The van der Waals surface area contributed by atoms with Gasteiger partial charge in [0, 0.05) is 5.69 Å². The Morgan fingerprint density at radius 1 is 1.15 bits per heavy atom. The number of rotatable bonds is 3. The first-order chi connectivity index (χ1) is 9.47. The van der Waals surface area contributed by atoms with Crippen LogP contribution < -0.4 is 5.73 Å². The zero-order chi connectivity index (χ0) is 14.7. The lowest BCUT2D eigenvalue weighted by atomic mass is 10.1. The lowest BCUT2D eigenvalue weighted by Crippen LogP contribution is -2.08. The first-order valence-corrected chi connectivity index (χ1v) is 6.25. The van der Waals surface area contributed by atoms with E-state index in [4.69, 9.17) is 10.5 Å². The van der Waals surface area contributed by atoms with Gasteiger partial charge in [0.15, 0.2) is 0 Å². The summed E-state index contributed by atoms with van der Waals surface area (Å²) in [6.07, 6.45) is 0. The lowest BCUT2D eigenvalue weighted by molar-refractivity contribution is 0.0467. The number of ether oxygens (including phenoxy) is 1. The first-order valence-electron chi connectivity index (χ1n) is 6.25. The molecule has 0 amide bonds. The first kappa shape index (κ1) is 14.1. The average Bonchev–Trinajstić information content (AvgIpc) is 2.40. The molecule has 104 valence electrons. The topological polar surface area (TPSA) is 52.3 Å². The number of nitrogens with two attached hydrogens (primary N) is 1. The van der Waals surface area contributed by atoms with E-state index in [1.807, 2.05) is 32.0 Å². The van der Waals surface area contributed by atoms with Crippen LogP contribution in [-0.4, -0.2) is 5.97 Å². The quantitative estimate of drug-likeness (QED) is 0.689. The summed E-state index contributed by atoms with van der Waals surface area (Å²) in [6, 6.07) is 9.69. The van der Waals surface area contributed by atoms with Crippen molar-refractivity contribution in [3.05, 3.63) is 64.5 Å². The van der Waals surface area contributed by atoms with Crippen LogP contribution in [0.3, 0.4) is 0 Å². The highest BCUT2D eigenvalue weighted by Gasteiger charge is 2.13. The van der Waals surface area contributed by atoms with Crippen molar-refractivity contribution < 1.29 is 13.9 Å². The van der Waals surface area contributed by atoms with Crippen molar-refractivity contribution in [2.24, 2.45) is 0 Å². The van der Waals surface area contributed by atoms with Crippen LogP contribution in [0.4, 0.5) is 10.1 Å². The van der Waals surface area contributed by atoms with Crippen molar-refractivity contribution in [3.8, 4) is 0 Å². The minimum Gasteiger partial charge on any atom is -0.457 e. The van der Waals surface area contributed by atoms with Crippen LogP contribution in [0.15, 0.2) is 36.4 Å². The van der Waals surface area contributed by atoms with Gasteiger partial charge in [-0.1, -0.05) is 18.2 Å². The molecule has 20 heavy (non-hydrogen) atoms. The molecule has 0 spiro atoms. The number of esters is 1. The van der Waals surface area contributed by atoms with Gasteiger partial charge in [-0.3, -0.25) is 0 Å². The molecule has 0 heterocycles. The smallest absolute Gasteiger partial charge is 0.341 e. The Bertz CT molecular complexity index is 653. The molecule has 0 unspecified atom stereocenters. The van der Waals surface area contributed by atoms with E-state index in [1.165, 1.54) is 17.7 Å². The normalized spacial score (nSPS) is 10.3. The van der Waals surface area contributed by atoms with E-state index >= 15 is 0 Å². The van der Waals surface area contributed by atoms with Crippen molar-refractivity contribution >= 4 is 11.7 Å². The summed E-state index contributed by atoms with van der Waals surface area (Å²) in [7, 11) is 0. The molecule has 0 aliphatic carbocycles. The minimum absolute atomic E-state index is 0.108. The molecule has 4 heteroatoms. The number of benzene rings is 2. The largest absolute Gasteiger partial charge is 0.457 e. The Balaban J connectivity index is 2.06. The van der Waals surface area contributed by atoms with Crippen LogP contribution in [0.2, 0.25) is 0 Å². The second-order valence-corrected chi connectivity index (χ2v) is 4.73. The number of carbonyl (C=O) groups is 1. The van der Waals surface area contributed by atoms with Crippen LogP contribution >= 0.6 is 0 Å². The van der Waals surface area contributed by atoms with Gasteiger partial charge in [-0.05, 0) is 48.7 Å². The van der Waals surface area contributed by atoms with Gasteiger partial charge in [0.25, 0.3) is 0 Å². The zero-order valence-electron chi connectivity index (χ0n) is 11.4. The highest BCUT2D eigenvalue weighted by molar-refractivity contribution is 5.90. The molecule has 0 aliphatic rings. The van der Waals surface area contributed by atoms with Crippen LogP contribution in [0, 0.1) is 19.7 Å². The highest BCUT2D eigenvalue weighted by Crippen LogP contribution is 2.15. The number of hydrogen-bond acceptors (Lipinski definition) is 3. The standard InChI is InChI=1S/C16H16FNO2/c1-10-3-4-12(7-11(10)2)9-20-16(19)14-6-5-13(18)8-15(14)17/h3-8H,9,18H2,1-2H3. The molecular formula is C16H16FNO2. The molecule has 0 fully saturated rings. The molecule has 0 saturated heterocycles. The molecule has 2 aromatic rings. The lowest BCUT2D eigenvalue weighted by Gasteiger charge is -2.08. The summed E-state index contributed by atoms with van der Waals surface area (Å²) in [4.78, 5) is 11.8. The summed E-state index contributed by atoms with van der Waals surface area (Å²) < 4.78 is 18.7. The third-order valence-corrected chi connectivity index (χ3v) is 3.15. The summed E-state index contributed by atoms with van der Waals surface area (Å²) in [6.45, 7) is 4.11. The minimum atomic E-state index is -0.694. The third kappa shape index (κ3) is 3.15. The van der Waals surface area contributed by atoms with Gasteiger partial charge in [0.2, 0.25) is 0 Å². The Morgan fingerprint density at radius 2 is 1.90 bits per heavy atom. The van der Waals surface area contributed by atoms with E-state index in [0.29, 0.717) is 0 Å². The van der Waals surface area contributed by atoms with E-state index in [2.05, 4.69) is 0 Å². The molecule has 2 N–H and O–H groups in total. The second kappa shape index (κ2) is 5.74. The zero-order valence-corrected chi connectivity index (χ0v) is 11.4. The number of nitrogen functional groups attached to an aromatic ring is 1. The monoisotopic (exact) mass is 273 g/mol. The van der Waals surface area contributed by atoms with Crippen molar-refractivity contribution in [1.29, 1.82) is 0 Å². The predicted molar refractivity (Wildman–Crippen MR) is 75.8 cm³/mol. The number of carbonyl (C=O) groups excluding carboxylic acids is 1. The molecule has 3 nitrogen and oxygen atoms in total. The van der Waals surface area contributed by atoms with E-state index < -0.39 is 11.8 Å². The second-order valence-electron chi connectivity index (χ2n) is 4.73. The summed E-state index contributed by atoms with van der Waals surface area (Å²) in [5.74, 6) is -1.36. The molecule has 0 aliphatic heterocycles. The fraction of sp³-hybridized carbons (Fsp3) is 0.188. The van der Waals surface area contributed by atoms with Crippen LogP contribution in [0.5, 0.6) is 0 Å². The summed E-state index contributed by atoms with van der Waals surface area (Å²) in [5.41, 5.74) is 8.76. The van der Waals surface area contributed by atoms with Crippen LogP contribution in [0.25, 0.3) is 0 Å². The maximum absolute atomic E-state index is 13.6. The molecule has 2 aromatic carbocycles. The van der Waals surface area contributed by atoms with Gasteiger partial charge >= 0.3 is 5.97 Å². The molecule has 0 saturated carbocycles. The maximum Gasteiger partial charge on any atom is 0.341 e. The van der Waals surface area contributed by atoms with Gasteiger partial charge in [0.05, 0.1) is 5.56 Å². The molecule has 0 atom stereocenters. The van der Waals surface area contributed by atoms with Gasteiger partial charge in [0.1, 0.15) is 12.4 Å². The third-order valence-electron chi connectivity index (χ3n) is 3.15.